The number of carbonyl (C=O) groups is 1. The van der Waals surface area contributed by atoms with Crippen LogP contribution >= 0.6 is 0 Å². The van der Waals surface area contributed by atoms with Crippen molar-refractivity contribution in [1.82, 2.24) is 9.80 Å². The van der Waals surface area contributed by atoms with Crippen LogP contribution in [0, 0.1) is 0 Å². The molecule has 0 aromatic heterocycles. The maximum Gasteiger partial charge on any atom is 0.410 e. The van der Waals surface area contributed by atoms with Crippen LogP contribution in [-0.4, -0.2) is 46.7 Å². The molecule has 0 bridgehead atoms. The second kappa shape index (κ2) is 7.36. The zero-order chi connectivity index (χ0) is 17.9. The van der Waals surface area contributed by atoms with E-state index in [9.17, 15) is 4.79 Å². The lowest BCUT2D eigenvalue weighted by atomic mass is 9.78. The fraction of sp³-hybridized carbons (Fsp3) is 0.667. The van der Waals surface area contributed by atoms with Gasteiger partial charge in [0.2, 0.25) is 0 Å². The summed E-state index contributed by atoms with van der Waals surface area (Å²) in [6.45, 7) is 9.79. The number of hydrogen-bond donors (Lipinski definition) is 0. The highest BCUT2D eigenvalue weighted by molar-refractivity contribution is 5.69. The van der Waals surface area contributed by atoms with Crippen LogP contribution in [0.25, 0.3) is 0 Å². The zero-order valence-corrected chi connectivity index (χ0v) is 16.0. The summed E-state index contributed by atoms with van der Waals surface area (Å²) >= 11 is 0. The van der Waals surface area contributed by atoms with E-state index in [1.807, 2.05) is 20.8 Å². The van der Waals surface area contributed by atoms with Gasteiger partial charge in [0, 0.05) is 31.7 Å². The van der Waals surface area contributed by atoms with Crippen molar-refractivity contribution in [2.75, 3.05) is 19.6 Å². The molecule has 1 aromatic rings. The minimum Gasteiger partial charge on any atom is -0.444 e. The van der Waals surface area contributed by atoms with E-state index >= 15 is 0 Å². The number of amides is 1. The first-order valence-corrected chi connectivity index (χ1v) is 9.65. The average Bonchev–Trinajstić information content (AvgIpc) is 2.57. The molecule has 1 amide bonds. The Morgan fingerprint density at radius 3 is 2.36 bits per heavy atom. The topological polar surface area (TPSA) is 32.8 Å². The molecule has 0 N–H and O–H groups in total. The van der Waals surface area contributed by atoms with Gasteiger partial charge in [0.05, 0.1) is 0 Å². The predicted molar refractivity (Wildman–Crippen MR) is 100 cm³/mol. The maximum absolute atomic E-state index is 12.7. The van der Waals surface area contributed by atoms with Gasteiger partial charge >= 0.3 is 6.09 Å². The largest absolute Gasteiger partial charge is 0.444 e. The smallest absolute Gasteiger partial charge is 0.410 e. The molecular weight excluding hydrogens is 312 g/mol. The second-order valence-corrected chi connectivity index (χ2v) is 8.58. The van der Waals surface area contributed by atoms with Crippen molar-refractivity contribution in [3.8, 4) is 0 Å². The summed E-state index contributed by atoms with van der Waals surface area (Å²) < 4.78 is 5.70. The molecule has 1 aromatic carbocycles. The Balaban J connectivity index is 1.63. The van der Waals surface area contributed by atoms with Gasteiger partial charge in [0.15, 0.2) is 0 Å². The molecule has 0 unspecified atom stereocenters. The van der Waals surface area contributed by atoms with E-state index in [2.05, 4.69) is 40.1 Å². The van der Waals surface area contributed by atoms with Crippen LogP contribution in [0.15, 0.2) is 30.3 Å². The third kappa shape index (κ3) is 4.55. The molecule has 0 saturated carbocycles. The van der Waals surface area contributed by atoms with Crippen LogP contribution in [0.3, 0.4) is 0 Å². The molecule has 2 aliphatic rings. The summed E-state index contributed by atoms with van der Waals surface area (Å²) in [5, 5.41) is 0. The molecule has 2 heterocycles. The van der Waals surface area contributed by atoms with Gasteiger partial charge in [-0.25, -0.2) is 4.79 Å². The Morgan fingerprint density at radius 1 is 1.04 bits per heavy atom. The van der Waals surface area contributed by atoms with Crippen LogP contribution in [-0.2, 0) is 11.3 Å². The van der Waals surface area contributed by atoms with Crippen molar-refractivity contribution in [2.45, 2.75) is 70.6 Å². The molecule has 138 valence electrons. The highest BCUT2D eigenvalue weighted by Crippen LogP contribution is 2.38. The van der Waals surface area contributed by atoms with E-state index in [-0.39, 0.29) is 11.6 Å². The van der Waals surface area contributed by atoms with Gasteiger partial charge < -0.3 is 9.64 Å². The van der Waals surface area contributed by atoms with E-state index in [0.29, 0.717) is 0 Å². The van der Waals surface area contributed by atoms with Gasteiger partial charge in [-0.15, -0.1) is 0 Å². The number of ether oxygens (including phenoxy) is 1. The molecule has 2 fully saturated rings. The van der Waals surface area contributed by atoms with E-state index in [1.54, 1.807) is 0 Å². The van der Waals surface area contributed by atoms with E-state index in [0.717, 1.165) is 51.9 Å². The van der Waals surface area contributed by atoms with Crippen molar-refractivity contribution in [3.05, 3.63) is 35.9 Å². The molecule has 1 spiro atoms. The van der Waals surface area contributed by atoms with Crippen LogP contribution in [0.2, 0.25) is 0 Å². The summed E-state index contributed by atoms with van der Waals surface area (Å²) in [5.41, 5.74) is 0.948. The molecule has 0 aliphatic carbocycles. The molecular formula is C21H32N2O2. The lowest BCUT2D eigenvalue weighted by Gasteiger charge is -2.51. The first-order chi connectivity index (χ1) is 11.9. The Labute approximate surface area is 152 Å². The molecule has 0 radical (unpaired) electrons. The number of carbonyl (C=O) groups excluding carboxylic acids is 1. The molecule has 0 atom stereocenters. The van der Waals surface area contributed by atoms with E-state index in [4.69, 9.17) is 4.74 Å². The molecule has 4 nitrogen and oxygen atoms in total. The van der Waals surface area contributed by atoms with Crippen molar-refractivity contribution in [2.24, 2.45) is 0 Å². The molecule has 4 heteroatoms. The Kier molecular flexibility index (Phi) is 5.38. The van der Waals surface area contributed by atoms with Crippen molar-refractivity contribution < 1.29 is 9.53 Å². The van der Waals surface area contributed by atoms with Gasteiger partial charge in [-0.3, -0.25) is 4.90 Å². The van der Waals surface area contributed by atoms with E-state index < -0.39 is 5.60 Å². The molecule has 2 saturated heterocycles. The average molecular weight is 344 g/mol. The number of likely N-dealkylation sites (tertiary alicyclic amines) is 2. The fourth-order valence-corrected chi connectivity index (χ4v) is 4.19. The van der Waals surface area contributed by atoms with E-state index in [1.165, 1.54) is 12.0 Å². The predicted octanol–water partition coefficient (Wildman–Crippen LogP) is 4.44. The van der Waals surface area contributed by atoms with Gasteiger partial charge in [-0.2, -0.15) is 0 Å². The number of hydrogen-bond acceptors (Lipinski definition) is 3. The third-order valence-corrected chi connectivity index (χ3v) is 5.50. The Morgan fingerprint density at radius 2 is 1.72 bits per heavy atom. The maximum atomic E-state index is 12.7. The van der Waals surface area contributed by atoms with Crippen LogP contribution < -0.4 is 0 Å². The second-order valence-electron chi connectivity index (χ2n) is 8.58. The molecule has 2 aliphatic heterocycles. The lowest BCUT2D eigenvalue weighted by molar-refractivity contribution is -0.0372. The van der Waals surface area contributed by atoms with Gasteiger partial charge in [0.1, 0.15) is 5.60 Å². The number of benzene rings is 1. The zero-order valence-electron chi connectivity index (χ0n) is 16.0. The summed E-state index contributed by atoms with van der Waals surface area (Å²) in [6.07, 6.45) is 5.42. The number of piperidine rings is 2. The third-order valence-electron chi connectivity index (χ3n) is 5.50. The van der Waals surface area contributed by atoms with Gasteiger partial charge in [-0.1, -0.05) is 30.3 Å². The fourth-order valence-electron chi connectivity index (χ4n) is 4.19. The summed E-state index contributed by atoms with van der Waals surface area (Å²) in [7, 11) is 0. The minimum atomic E-state index is -0.427. The van der Waals surface area contributed by atoms with Gasteiger partial charge in [-0.05, 0) is 58.4 Å². The lowest BCUT2D eigenvalue weighted by Crippen LogP contribution is -2.60. The van der Waals surface area contributed by atoms with Crippen LogP contribution in [0.5, 0.6) is 0 Å². The van der Waals surface area contributed by atoms with Crippen molar-refractivity contribution in [3.63, 3.8) is 0 Å². The van der Waals surface area contributed by atoms with Crippen molar-refractivity contribution >= 4 is 6.09 Å². The first-order valence-electron chi connectivity index (χ1n) is 9.65. The summed E-state index contributed by atoms with van der Waals surface area (Å²) in [5.74, 6) is 0. The van der Waals surface area contributed by atoms with Crippen molar-refractivity contribution in [1.29, 1.82) is 0 Å². The summed E-state index contributed by atoms with van der Waals surface area (Å²) in [4.78, 5) is 17.3. The monoisotopic (exact) mass is 344 g/mol. The van der Waals surface area contributed by atoms with Crippen LogP contribution in [0.4, 0.5) is 4.79 Å². The highest BCUT2D eigenvalue weighted by Gasteiger charge is 2.44. The van der Waals surface area contributed by atoms with Gasteiger partial charge in [0.25, 0.3) is 0 Å². The Bertz CT molecular complexity index is 571. The highest BCUT2D eigenvalue weighted by atomic mass is 16.6. The quantitative estimate of drug-likeness (QED) is 0.795. The minimum absolute atomic E-state index is 0.00771. The summed E-state index contributed by atoms with van der Waals surface area (Å²) in [6, 6.07) is 10.7. The number of nitrogens with zero attached hydrogens (tertiary/aromatic N) is 2. The Hall–Kier alpha value is -1.55. The number of rotatable bonds is 2. The molecule has 25 heavy (non-hydrogen) atoms. The standard InChI is InChI=1S/C21H32N2O2/c1-20(2,3)25-19(24)23-14-8-7-11-21(23)12-15-22(16-13-21)17-18-9-5-4-6-10-18/h4-6,9-10H,7-8,11-17H2,1-3H3. The molecule has 3 rings (SSSR count). The van der Waals surface area contributed by atoms with Crippen LogP contribution in [0.1, 0.15) is 58.4 Å². The first kappa shape index (κ1) is 18.2. The SMILES string of the molecule is CC(C)(C)OC(=O)N1CCCCC12CCN(Cc1ccccc1)CC2. The normalized spacial score (nSPS) is 21.3.